The third kappa shape index (κ3) is 3.17. The number of nitrogens with zero attached hydrogens (tertiary/aromatic N) is 2. The van der Waals surface area contributed by atoms with Crippen molar-refractivity contribution in [2.24, 2.45) is 5.92 Å². The van der Waals surface area contributed by atoms with E-state index in [9.17, 15) is 0 Å². The van der Waals surface area contributed by atoms with Crippen molar-refractivity contribution in [3.8, 4) is 5.75 Å². The van der Waals surface area contributed by atoms with Crippen LogP contribution in [-0.2, 0) is 11.3 Å². The third-order valence-electron chi connectivity index (χ3n) is 4.12. The van der Waals surface area contributed by atoms with Gasteiger partial charge in [0.05, 0.1) is 19.4 Å². The second-order valence-electron chi connectivity index (χ2n) is 5.68. The summed E-state index contributed by atoms with van der Waals surface area (Å²) in [6.45, 7) is 3.98. The van der Waals surface area contributed by atoms with E-state index in [4.69, 9.17) is 14.5 Å². The molecule has 0 spiro atoms. The van der Waals surface area contributed by atoms with Crippen LogP contribution in [0.15, 0.2) is 30.3 Å². The van der Waals surface area contributed by atoms with E-state index in [1.807, 2.05) is 12.1 Å². The number of likely N-dealkylation sites (tertiary alicyclic amines) is 1. The van der Waals surface area contributed by atoms with E-state index in [0.717, 1.165) is 48.6 Å². The highest BCUT2D eigenvalue weighted by molar-refractivity contribution is 5.84. The molecule has 0 radical (unpaired) electrons. The van der Waals surface area contributed by atoms with Crippen molar-refractivity contribution in [1.29, 1.82) is 0 Å². The molecule has 1 saturated heterocycles. The Labute approximate surface area is 125 Å². The molecule has 0 N–H and O–H groups in total. The van der Waals surface area contributed by atoms with Crippen molar-refractivity contribution in [2.45, 2.75) is 13.0 Å². The number of rotatable bonds is 5. The Kier molecular flexibility index (Phi) is 4.36. The fraction of sp³-hybridized carbons (Fsp3) is 0.471. The van der Waals surface area contributed by atoms with Gasteiger partial charge in [0, 0.05) is 25.6 Å². The molecule has 1 atom stereocenters. The summed E-state index contributed by atoms with van der Waals surface area (Å²) >= 11 is 0. The summed E-state index contributed by atoms with van der Waals surface area (Å²) in [6, 6.07) is 10.3. The van der Waals surface area contributed by atoms with Crippen molar-refractivity contribution in [2.75, 3.05) is 33.9 Å². The Balaban J connectivity index is 1.76. The average Bonchev–Trinajstić information content (AvgIpc) is 2.94. The maximum absolute atomic E-state index is 5.41. The Morgan fingerprint density at radius 1 is 1.24 bits per heavy atom. The summed E-state index contributed by atoms with van der Waals surface area (Å²) < 4.78 is 10.7. The first-order chi connectivity index (χ1) is 10.3. The average molecular weight is 286 g/mol. The molecule has 0 bridgehead atoms. The first kappa shape index (κ1) is 14.3. The first-order valence-electron chi connectivity index (χ1n) is 7.44. The molecule has 4 nitrogen and oxygen atoms in total. The van der Waals surface area contributed by atoms with Gasteiger partial charge in [-0.3, -0.25) is 4.90 Å². The van der Waals surface area contributed by atoms with Crippen LogP contribution in [0.1, 0.15) is 12.1 Å². The molecule has 0 saturated carbocycles. The van der Waals surface area contributed by atoms with Gasteiger partial charge >= 0.3 is 0 Å². The molecule has 112 valence electrons. The number of benzene rings is 1. The standard InChI is InChI=1S/C17H22N2O2/c1-20-12-13-8-9-19(10-13)11-15-7-6-14-4-3-5-16(21-2)17(14)18-15/h3-7,13H,8-12H2,1-2H3/t13-/m0/s1. The van der Waals surface area contributed by atoms with Gasteiger partial charge < -0.3 is 9.47 Å². The first-order valence-corrected chi connectivity index (χ1v) is 7.44. The Morgan fingerprint density at radius 3 is 2.95 bits per heavy atom. The summed E-state index contributed by atoms with van der Waals surface area (Å²) in [4.78, 5) is 7.23. The summed E-state index contributed by atoms with van der Waals surface area (Å²) in [6.07, 6.45) is 1.21. The monoisotopic (exact) mass is 286 g/mol. The molecule has 1 aromatic carbocycles. The van der Waals surface area contributed by atoms with Crippen LogP contribution in [0.3, 0.4) is 0 Å². The minimum Gasteiger partial charge on any atom is -0.494 e. The van der Waals surface area contributed by atoms with Crippen molar-refractivity contribution in [3.05, 3.63) is 36.0 Å². The fourth-order valence-corrected chi connectivity index (χ4v) is 3.07. The Bertz CT molecular complexity index is 615. The molecule has 0 aliphatic carbocycles. The van der Waals surface area contributed by atoms with Crippen LogP contribution in [0.4, 0.5) is 0 Å². The lowest BCUT2D eigenvalue weighted by molar-refractivity contribution is 0.152. The topological polar surface area (TPSA) is 34.6 Å². The number of pyridine rings is 1. The van der Waals surface area contributed by atoms with Gasteiger partial charge in [-0.2, -0.15) is 0 Å². The summed E-state index contributed by atoms with van der Waals surface area (Å²) in [7, 11) is 3.47. The molecule has 1 aromatic heterocycles. The normalized spacial score (nSPS) is 19.2. The molecule has 21 heavy (non-hydrogen) atoms. The van der Waals surface area contributed by atoms with Gasteiger partial charge in [0.25, 0.3) is 0 Å². The van der Waals surface area contributed by atoms with Gasteiger partial charge in [0.1, 0.15) is 11.3 Å². The SMILES string of the molecule is COC[C@H]1CCN(Cc2ccc3cccc(OC)c3n2)C1. The van der Waals surface area contributed by atoms with E-state index in [2.05, 4.69) is 23.1 Å². The van der Waals surface area contributed by atoms with E-state index in [1.165, 1.54) is 6.42 Å². The van der Waals surface area contributed by atoms with Crippen LogP contribution in [0, 0.1) is 5.92 Å². The molecule has 4 heteroatoms. The molecule has 3 rings (SSSR count). The molecule has 2 aromatic rings. The summed E-state index contributed by atoms with van der Waals surface area (Å²) in [5.41, 5.74) is 2.05. The van der Waals surface area contributed by atoms with Gasteiger partial charge in [-0.15, -0.1) is 0 Å². The second-order valence-corrected chi connectivity index (χ2v) is 5.68. The van der Waals surface area contributed by atoms with Gasteiger partial charge in [-0.1, -0.05) is 18.2 Å². The smallest absolute Gasteiger partial charge is 0.145 e. The van der Waals surface area contributed by atoms with Crippen molar-refractivity contribution in [3.63, 3.8) is 0 Å². The minimum absolute atomic E-state index is 0.657. The van der Waals surface area contributed by atoms with E-state index in [1.54, 1.807) is 14.2 Å². The highest BCUT2D eigenvalue weighted by Crippen LogP contribution is 2.25. The number of hydrogen-bond acceptors (Lipinski definition) is 4. The van der Waals surface area contributed by atoms with Gasteiger partial charge in [0.2, 0.25) is 0 Å². The predicted octanol–water partition coefficient (Wildman–Crippen LogP) is 2.71. The highest BCUT2D eigenvalue weighted by atomic mass is 16.5. The fourth-order valence-electron chi connectivity index (χ4n) is 3.07. The second kappa shape index (κ2) is 6.41. The number of hydrogen-bond donors (Lipinski definition) is 0. The van der Waals surface area contributed by atoms with Gasteiger partial charge in [-0.25, -0.2) is 4.98 Å². The molecule has 1 aliphatic rings. The van der Waals surface area contributed by atoms with E-state index >= 15 is 0 Å². The highest BCUT2D eigenvalue weighted by Gasteiger charge is 2.22. The van der Waals surface area contributed by atoms with Crippen molar-refractivity contribution < 1.29 is 9.47 Å². The van der Waals surface area contributed by atoms with Crippen molar-refractivity contribution >= 4 is 10.9 Å². The Morgan fingerprint density at radius 2 is 2.14 bits per heavy atom. The number of fused-ring (bicyclic) bond motifs is 1. The lowest BCUT2D eigenvalue weighted by Crippen LogP contribution is -2.21. The lowest BCUT2D eigenvalue weighted by Gasteiger charge is -2.16. The van der Waals surface area contributed by atoms with Crippen molar-refractivity contribution in [1.82, 2.24) is 9.88 Å². The summed E-state index contributed by atoms with van der Waals surface area (Å²) in [5, 5.41) is 1.12. The predicted molar refractivity (Wildman–Crippen MR) is 83.6 cm³/mol. The Hall–Kier alpha value is -1.65. The van der Waals surface area contributed by atoms with Crippen LogP contribution in [0.5, 0.6) is 5.75 Å². The molecule has 0 unspecified atom stereocenters. The van der Waals surface area contributed by atoms with Crippen LogP contribution >= 0.6 is 0 Å². The largest absolute Gasteiger partial charge is 0.494 e. The molecule has 1 aliphatic heterocycles. The third-order valence-corrected chi connectivity index (χ3v) is 4.12. The minimum atomic E-state index is 0.657. The maximum Gasteiger partial charge on any atom is 0.145 e. The number of aromatic nitrogens is 1. The van der Waals surface area contributed by atoms with Gasteiger partial charge in [0.15, 0.2) is 0 Å². The molecular weight excluding hydrogens is 264 g/mol. The number of ether oxygens (including phenoxy) is 2. The lowest BCUT2D eigenvalue weighted by atomic mass is 10.1. The zero-order valence-corrected chi connectivity index (χ0v) is 12.7. The maximum atomic E-state index is 5.41. The van der Waals surface area contributed by atoms with Crippen LogP contribution in [0.25, 0.3) is 10.9 Å². The zero-order valence-electron chi connectivity index (χ0n) is 12.7. The van der Waals surface area contributed by atoms with E-state index in [-0.39, 0.29) is 0 Å². The molecule has 0 amide bonds. The van der Waals surface area contributed by atoms with E-state index in [0.29, 0.717) is 5.92 Å². The van der Waals surface area contributed by atoms with Crippen LogP contribution in [-0.4, -0.2) is 43.8 Å². The van der Waals surface area contributed by atoms with Crippen LogP contribution < -0.4 is 4.74 Å². The molecule has 1 fully saturated rings. The van der Waals surface area contributed by atoms with Gasteiger partial charge in [-0.05, 0) is 31.0 Å². The van der Waals surface area contributed by atoms with Crippen LogP contribution in [0.2, 0.25) is 0 Å². The number of para-hydroxylation sites is 1. The molecular formula is C17H22N2O2. The summed E-state index contributed by atoms with van der Waals surface area (Å²) in [5.74, 6) is 1.50. The number of methoxy groups -OCH3 is 2. The van der Waals surface area contributed by atoms with E-state index < -0.39 is 0 Å². The quantitative estimate of drug-likeness (QED) is 0.846. The molecule has 2 heterocycles. The zero-order chi connectivity index (χ0) is 14.7.